The molecule has 168 valence electrons. The van der Waals surface area contributed by atoms with Crippen LogP contribution in [-0.2, 0) is 12.0 Å². The van der Waals surface area contributed by atoms with E-state index in [0.29, 0.717) is 24.9 Å². The first-order chi connectivity index (χ1) is 12.8. The first-order valence-corrected chi connectivity index (χ1v) is 9.55. The number of aromatic hydroxyl groups is 1. The van der Waals surface area contributed by atoms with Crippen molar-refractivity contribution in [2.24, 2.45) is 0 Å². The summed E-state index contributed by atoms with van der Waals surface area (Å²) in [5.74, 6) is -1.13. The Bertz CT molecular complexity index is 650. The van der Waals surface area contributed by atoms with Crippen molar-refractivity contribution in [3.05, 3.63) is 23.3 Å². The highest BCUT2D eigenvalue weighted by atomic mass is 35.5. The van der Waals surface area contributed by atoms with Gasteiger partial charge in [0.05, 0.1) is 5.60 Å². The minimum absolute atomic E-state index is 0. The maximum atomic E-state index is 13.0. The normalized spacial score (nSPS) is 19.7. The smallest absolute Gasteiger partial charge is 0.504 e. The lowest BCUT2D eigenvalue weighted by molar-refractivity contribution is -0.275. The number of piperazine rings is 1. The number of aliphatic hydroxyl groups is 1. The van der Waals surface area contributed by atoms with E-state index in [-0.39, 0.29) is 36.8 Å². The van der Waals surface area contributed by atoms with Gasteiger partial charge in [-0.3, -0.25) is 0 Å². The molecule has 1 aliphatic carbocycles. The summed E-state index contributed by atoms with van der Waals surface area (Å²) in [7, 11) is 0. The third kappa shape index (κ3) is 6.79. The van der Waals surface area contributed by atoms with Gasteiger partial charge in [-0.15, -0.1) is 38.0 Å². The Labute approximate surface area is 181 Å². The molecular weight excluding hydrogens is 432 g/mol. The van der Waals surface area contributed by atoms with Crippen LogP contribution in [0.5, 0.6) is 11.5 Å². The quantitative estimate of drug-likeness (QED) is 0.624. The fourth-order valence-corrected chi connectivity index (χ4v) is 4.14. The Hall–Kier alpha value is -0.930. The topological polar surface area (TPSA) is 65.0 Å². The van der Waals surface area contributed by atoms with Crippen LogP contribution in [0.25, 0.3) is 0 Å². The van der Waals surface area contributed by atoms with Crippen molar-refractivity contribution in [1.82, 2.24) is 10.2 Å². The summed E-state index contributed by atoms with van der Waals surface area (Å²) in [6.45, 7) is 3.84. The lowest BCUT2D eigenvalue weighted by atomic mass is 9.77. The molecule has 1 saturated heterocycles. The fraction of sp³-hybridized carbons (Fsp3) is 0.684. The standard InChI is InChI=1S/C19H27F3N2O3.2ClH/c20-19(21,22)27-17-14(6-11-24-12-9-23-10-13-24)15(4-5-16(17)25)18(26)7-2-1-3-8-18;;/h4-5,23,25-26H,1-3,6-13H2;2*1H. The largest absolute Gasteiger partial charge is 0.573 e. The minimum atomic E-state index is -4.91. The summed E-state index contributed by atoms with van der Waals surface area (Å²) >= 11 is 0. The number of halogens is 5. The molecule has 1 aromatic carbocycles. The van der Waals surface area contributed by atoms with E-state index in [1.807, 2.05) is 0 Å². The average molecular weight is 461 g/mol. The van der Waals surface area contributed by atoms with Crippen LogP contribution in [-0.4, -0.2) is 54.2 Å². The zero-order valence-corrected chi connectivity index (χ0v) is 17.8. The average Bonchev–Trinajstić information content (AvgIpc) is 2.62. The molecule has 0 bridgehead atoms. The second-order valence-electron chi connectivity index (χ2n) is 7.42. The van der Waals surface area contributed by atoms with E-state index in [0.717, 1.165) is 45.4 Å². The van der Waals surface area contributed by atoms with Crippen LogP contribution in [0.15, 0.2) is 12.1 Å². The second kappa shape index (κ2) is 10.9. The van der Waals surface area contributed by atoms with Crippen LogP contribution in [0.2, 0.25) is 0 Å². The lowest BCUT2D eigenvalue weighted by Crippen LogP contribution is -2.44. The van der Waals surface area contributed by atoms with Crippen molar-refractivity contribution in [3.8, 4) is 11.5 Å². The summed E-state index contributed by atoms with van der Waals surface area (Å²) in [4.78, 5) is 2.16. The molecule has 1 heterocycles. The molecule has 0 radical (unpaired) electrons. The highest BCUT2D eigenvalue weighted by Gasteiger charge is 2.38. The molecule has 0 atom stereocenters. The summed E-state index contributed by atoms with van der Waals surface area (Å²) < 4.78 is 43.0. The van der Waals surface area contributed by atoms with E-state index in [1.54, 1.807) is 6.07 Å². The van der Waals surface area contributed by atoms with E-state index >= 15 is 0 Å². The molecule has 3 rings (SSSR count). The van der Waals surface area contributed by atoms with Gasteiger partial charge >= 0.3 is 6.36 Å². The predicted octanol–water partition coefficient (Wildman–Crippen LogP) is 3.73. The molecule has 1 aromatic rings. The highest BCUT2D eigenvalue weighted by Crippen LogP contribution is 2.45. The van der Waals surface area contributed by atoms with Crippen molar-refractivity contribution < 1.29 is 28.1 Å². The van der Waals surface area contributed by atoms with E-state index in [1.165, 1.54) is 6.07 Å². The zero-order valence-electron chi connectivity index (χ0n) is 16.1. The van der Waals surface area contributed by atoms with Gasteiger partial charge in [0, 0.05) is 38.3 Å². The van der Waals surface area contributed by atoms with E-state index in [4.69, 9.17) is 0 Å². The SMILES string of the molecule is Cl.Cl.Oc1ccc(C2(O)CCCCC2)c(CCN2CCNCC2)c1OC(F)(F)F. The number of phenols is 1. The number of phenolic OH excluding ortho intramolecular Hbond substituents is 1. The van der Waals surface area contributed by atoms with E-state index in [2.05, 4.69) is 15.0 Å². The number of nitrogens with zero attached hydrogens (tertiary/aromatic N) is 1. The first kappa shape index (κ1) is 26.1. The van der Waals surface area contributed by atoms with Gasteiger partial charge in [-0.25, -0.2) is 0 Å². The molecule has 0 amide bonds. The van der Waals surface area contributed by atoms with Gasteiger partial charge in [-0.1, -0.05) is 25.3 Å². The Balaban J connectivity index is 0.00000210. The summed E-state index contributed by atoms with van der Waals surface area (Å²) in [5, 5.41) is 24.4. The third-order valence-electron chi connectivity index (χ3n) is 5.53. The van der Waals surface area contributed by atoms with Gasteiger partial charge < -0.3 is 25.2 Å². The first-order valence-electron chi connectivity index (χ1n) is 9.55. The molecule has 0 aromatic heterocycles. The summed E-state index contributed by atoms with van der Waals surface area (Å²) in [5.41, 5.74) is -0.460. The molecule has 0 spiro atoms. The molecular formula is C19H29Cl2F3N2O3. The molecule has 2 fully saturated rings. The molecule has 5 nitrogen and oxygen atoms in total. The maximum Gasteiger partial charge on any atom is 0.573 e. The maximum absolute atomic E-state index is 13.0. The molecule has 1 saturated carbocycles. The number of hydrogen-bond acceptors (Lipinski definition) is 5. The van der Waals surface area contributed by atoms with Crippen LogP contribution < -0.4 is 10.1 Å². The van der Waals surface area contributed by atoms with Crippen molar-refractivity contribution >= 4 is 24.8 Å². The van der Waals surface area contributed by atoms with Crippen molar-refractivity contribution in [2.45, 2.75) is 50.5 Å². The Morgan fingerprint density at radius 2 is 1.69 bits per heavy atom. The number of rotatable bonds is 5. The molecule has 0 unspecified atom stereocenters. The van der Waals surface area contributed by atoms with Crippen LogP contribution in [0, 0.1) is 0 Å². The molecule has 10 heteroatoms. The monoisotopic (exact) mass is 460 g/mol. The van der Waals surface area contributed by atoms with Crippen molar-refractivity contribution in [3.63, 3.8) is 0 Å². The predicted molar refractivity (Wildman–Crippen MR) is 109 cm³/mol. The molecule has 29 heavy (non-hydrogen) atoms. The highest BCUT2D eigenvalue weighted by molar-refractivity contribution is 5.85. The van der Waals surface area contributed by atoms with Crippen molar-refractivity contribution in [1.29, 1.82) is 0 Å². The van der Waals surface area contributed by atoms with Crippen molar-refractivity contribution in [2.75, 3.05) is 32.7 Å². The van der Waals surface area contributed by atoms with E-state index < -0.39 is 23.5 Å². The number of benzene rings is 1. The molecule has 1 aliphatic heterocycles. The van der Waals surface area contributed by atoms with Gasteiger partial charge in [0.2, 0.25) is 0 Å². The fourth-order valence-electron chi connectivity index (χ4n) is 4.14. The van der Waals surface area contributed by atoms with Crippen LogP contribution >= 0.6 is 24.8 Å². The molecule has 3 N–H and O–H groups in total. The van der Waals surface area contributed by atoms with E-state index in [9.17, 15) is 23.4 Å². The zero-order chi connectivity index (χ0) is 19.5. The summed E-state index contributed by atoms with van der Waals surface area (Å²) in [6, 6.07) is 2.74. The lowest BCUT2D eigenvalue weighted by Gasteiger charge is -2.35. The third-order valence-corrected chi connectivity index (χ3v) is 5.53. The summed E-state index contributed by atoms with van der Waals surface area (Å²) in [6.07, 6.45) is -0.975. The van der Waals surface area contributed by atoms with Gasteiger partial charge in [0.15, 0.2) is 11.5 Å². The molecule has 2 aliphatic rings. The van der Waals surface area contributed by atoms with Crippen LogP contribution in [0.4, 0.5) is 13.2 Å². The number of nitrogens with one attached hydrogen (secondary N) is 1. The number of ether oxygens (including phenoxy) is 1. The Kier molecular flexibility index (Phi) is 9.82. The van der Waals surface area contributed by atoms with Crippen LogP contribution in [0.3, 0.4) is 0 Å². The second-order valence-corrected chi connectivity index (χ2v) is 7.42. The minimum Gasteiger partial charge on any atom is -0.504 e. The Morgan fingerprint density at radius 3 is 2.28 bits per heavy atom. The van der Waals surface area contributed by atoms with Gasteiger partial charge in [-0.05, 0) is 30.9 Å². The Morgan fingerprint density at radius 1 is 1.07 bits per heavy atom. The number of hydrogen-bond donors (Lipinski definition) is 3. The van der Waals surface area contributed by atoms with Gasteiger partial charge in [0.1, 0.15) is 0 Å². The van der Waals surface area contributed by atoms with Gasteiger partial charge in [0.25, 0.3) is 0 Å². The number of alkyl halides is 3. The van der Waals surface area contributed by atoms with Gasteiger partial charge in [-0.2, -0.15) is 0 Å². The van der Waals surface area contributed by atoms with Crippen LogP contribution in [0.1, 0.15) is 43.2 Å².